The van der Waals surface area contributed by atoms with E-state index in [0.29, 0.717) is 12.8 Å². The van der Waals surface area contributed by atoms with Gasteiger partial charge >= 0.3 is 5.97 Å². The quantitative estimate of drug-likeness (QED) is 0.903. The van der Waals surface area contributed by atoms with E-state index in [9.17, 15) is 14.7 Å². The molecule has 2 aliphatic rings. The fourth-order valence-corrected chi connectivity index (χ4v) is 4.22. The molecule has 4 atom stereocenters. The maximum absolute atomic E-state index is 12.2. The van der Waals surface area contributed by atoms with Gasteiger partial charge in [-0.1, -0.05) is 37.3 Å². The number of hydrogen-bond donors (Lipinski definition) is 1. The molecule has 0 bridgehead atoms. The Morgan fingerprint density at radius 1 is 1.37 bits per heavy atom. The van der Waals surface area contributed by atoms with Gasteiger partial charge < -0.3 is 5.11 Å². The number of carbonyl (C=O) groups excluding carboxylic acids is 1. The Labute approximate surface area is 112 Å². The van der Waals surface area contributed by atoms with E-state index in [-0.39, 0.29) is 17.6 Å². The molecule has 1 aromatic carbocycles. The molecule has 0 saturated heterocycles. The zero-order chi connectivity index (χ0) is 13.6. The van der Waals surface area contributed by atoms with Crippen molar-refractivity contribution >= 4 is 11.8 Å². The highest BCUT2D eigenvalue weighted by Crippen LogP contribution is 2.70. The molecule has 3 nitrogen and oxygen atoms in total. The van der Waals surface area contributed by atoms with Gasteiger partial charge in [-0.3, -0.25) is 9.59 Å². The molecule has 2 saturated carbocycles. The smallest absolute Gasteiger partial charge is 0.307 e. The predicted octanol–water partition coefficient (Wildman–Crippen LogP) is 2.55. The molecule has 19 heavy (non-hydrogen) atoms. The lowest BCUT2D eigenvalue weighted by molar-refractivity contribution is -0.142. The van der Waals surface area contributed by atoms with Gasteiger partial charge in [-0.25, -0.2) is 0 Å². The van der Waals surface area contributed by atoms with Crippen molar-refractivity contribution in [1.29, 1.82) is 0 Å². The first-order valence-corrected chi connectivity index (χ1v) is 6.91. The zero-order valence-electron chi connectivity index (χ0n) is 11.0. The van der Waals surface area contributed by atoms with Crippen molar-refractivity contribution in [2.24, 2.45) is 23.2 Å². The topological polar surface area (TPSA) is 54.4 Å². The monoisotopic (exact) mass is 258 g/mol. The van der Waals surface area contributed by atoms with Crippen LogP contribution in [0, 0.1) is 23.2 Å². The Morgan fingerprint density at radius 3 is 2.58 bits per heavy atom. The van der Waals surface area contributed by atoms with Crippen molar-refractivity contribution in [3.05, 3.63) is 35.9 Å². The number of rotatable bonds is 4. The Kier molecular flexibility index (Phi) is 2.73. The number of benzene rings is 1. The van der Waals surface area contributed by atoms with Gasteiger partial charge in [0.2, 0.25) is 0 Å². The molecule has 0 radical (unpaired) electrons. The molecular formula is C16H18O3. The minimum atomic E-state index is -0.794. The highest BCUT2D eigenvalue weighted by molar-refractivity contribution is 5.98. The number of carboxylic acid groups (broad SMARTS) is 1. The first kappa shape index (κ1) is 12.4. The molecule has 3 heteroatoms. The Morgan fingerprint density at radius 2 is 2.05 bits per heavy atom. The minimum Gasteiger partial charge on any atom is -0.481 e. The fourth-order valence-electron chi connectivity index (χ4n) is 4.22. The highest BCUT2D eigenvalue weighted by atomic mass is 16.4. The molecule has 1 N–H and O–H groups in total. The molecule has 3 rings (SSSR count). The van der Waals surface area contributed by atoms with Gasteiger partial charge in [0.1, 0.15) is 5.78 Å². The number of carboxylic acids is 1. The largest absolute Gasteiger partial charge is 0.481 e. The second-order valence-corrected chi connectivity index (χ2v) is 5.81. The fraction of sp³-hybridized carbons (Fsp3) is 0.500. The summed E-state index contributed by atoms with van der Waals surface area (Å²) < 4.78 is 0. The van der Waals surface area contributed by atoms with Crippen molar-refractivity contribution in [3.63, 3.8) is 0 Å². The molecule has 1 aromatic rings. The lowest BCUT2D eigenvalue weighted by Crippen LogP contribution is -2.20. The normalized spacial score (nSPS) is 36.1. The van der Waals surface area contributed by atoms with Crippen LogP contribution in [-0.2, 0) is 16.0 Å². The van der Waals surface area contributed by atoms with Crippen molar-refractivity contribution in [3.8, 4) is 0 Å². The Hall–Kier alpha value is -1.64. The van der Waals surface area contributed by atoms with Crippen LogP contribution in [0.3, 0.4) is 0 Å². The lowest BCUT2D eigenvalue weighted by atomic mass is 9.91. The third kappa shape index (κ3) is 1.64. The van der Waals surface area contributed by atoms with Crippen LogP contribution in [0.5, 0.6) is 0 Å². The predicted molar refractivity (Wildman–Crippen MR) is 70.6 cm³/mol. The molecule has 2 aliphatic carbocycles. The molecule has 0 aromatic heterocycles. The molecule has 0 heterocycles. The van der Waals surface area contributed by atoms with Gasteiger partial charge in [0.05, 0.1) is 5.92 Å². The maximum atomic E-state index is 12.2. The molecular weight excluding hydrogens is 240 g/mol. The number of hydrogen-bond acceptors (Lipinski definition) is 2. The number of carbonyl (C=O) groups is 2. The number of ketones is 1. The average Bonchev–Trinajstić information content (AvgIpc) is 3.02. The van der Waals surface area contributed by atoms with Gasteiger partial charge in [-0.2, -0.15) is 0 Å². The third-order valence-corrected chi connectivity index (χ3v) is 5.07. The van der Waals surface area contributed by atoms with E-state index >= 15 is 0 Å². The van der Waals surface area contributed by atoms with Crippen LogP contribution in [0.4, 0.5) is 0 Å². The van der Waals surface area contributed by atoms with E-state index in [1.165, 1.54) is 5.56 Å². The van der Waals surface area contributed by atoms with Gasteiger partial charge in [0.15, 0.2) is 0 Å². The molecule has 100 valence electrons. The molecule has 2 fully saturated rings. The summed E-state index contributed by atoms with van der Waals surface area (Å²) in [4.78, 5) is 23.6. The van der Waals surface area contributed by atoms with Gasteiger partial charge in [0.25, 0.3) is 0 Å². The van der Waals surface area contributed by atoms with Crippen LogP contribution >= 0.6 is 0 Å². The van der Waals surface area contributed by atoms with Crippen LogP contribution in [0.1, 0.15) is 25.3 Å². The van der Waals surface area contributed by atoms with Crippen molar-refractivity contribution in [2.75, 3.05) is 0 Å². The average molecular weight is 258 g/mol. The molecule has 0 amide bonds. The second kappa shape index (κ2) is 4.19. The first-order chi connectivity index (χ1) is 9.11. The summed E-state index contributed by atoms with van der Waals surface area (Å²) in [7, 11) is 0. The van der Waals surface area contributed by atoms with E-state index in [1.807, 2.05) is 25.1 Å². The third-order valence-electron chi connectivity index (χ3n) is 5.07. The van der Waals surface area contributed by atoms with E-state index in [0.717, 1.165) is 6.42 Å². The number of Topliss-reactive ketones (excluding diaryl/α,β-unsaturated/α-hetero) is 1. The summed E-state index contributed by atoms with van der Waals surface area (Å²) in [6.07, 6.45) is 2.04. The number of fused-ring (bicyclic) bond motifs is 1. The minimum absolute atomic E-state index is 0.0581. The van der Waals surface area contributed by atoms with E-state index in [2.05, 4.69) is 12.1 Å². The van der Waals surface area contributed by atoms with E-state index in [4.69, 9.17) is 0 Å². The first-order valence-electron chi connectivity index (χ1n) is 6.91. The molecule has 0 spiro atoms. The zero-order valence-corrected chi connectivity index (χ0v) is 11.0. The van der Waals surface area contributed by atoms with Crippen LogP contribution < -0.4 is 0 Å². The van der Waals surface area contributed by atoms with Gasteiger partial charge in [-0.15, -0.1) is 0 Å². The maximum Gasteiger partial charge on any atom is 0.307 e. The van der Waals surface area contributed by atoms with Crippen molar-refractivity contribution in [2.45, 2.75) is 26.2 Å². The van der Waals surface area contributed by atoms with Crippen molar-refractivity contribution in [1.82, 2.24) is 0 Å². The van der Waals surface area contributed by atoms with Crippen LogP contribution in [0.2, 0.25) is 0 Å². The summed E-state index contributed by atoms with van der Waals surface area (Å²) in [5, 5.41) is 9.30. The van der Waals surface area contributed by atoms with Crippen molar-refractivity contribution < 1.29 is 14.7 Å². The summed E-state index contributed by atoms with van der Waals surface area (Å²) in [5.41, 5.74) is 0.661. The van der Waals surface area contributed by atoms with E-state index in [1.54, 1.807) is 0 Å². The summed E-state index contributed by atoms with van der Waals surface area (Å²) >= 11 is 0. The van der Waals surface area contributed by atoms with Gasteiger partial charge in [-0.05, 0) is 30.2 Å². The SMILES string of the molecule is CCC12C(=O)CC(Cc3ccccc3)C1C2C(=O)O. The standard InChI is InChI=1S/C16H18O3/c1-2-16-12(17)9-11(13(16)14(16)15(18)19)8-10-6-4-3-5-7-10/h3-7,11,13-14H,2,8-9H2,1H3,(H,18,19). The summed E-state index contributed by atoms with van der Waals surface area (Å²) in [6, 6.07) is 10.0. The van der Waals surface area contributed by atoms with Crippen LogP contribution in [-0.4, -0.2) is 16.9 Å². The lowest BCUT2D eigenvalue weighted by Gasteiger charge is -2.12. The molecule has 4 unspecified atom stereocenters. The molecule has 0 aliphatic heterocycles. The van der Waals surface area contributed by atoms with Crippen LogP contribution in [0.15, 0.2) is 30.3 Å². The second-order valence-electron chi connectivity index (χ2n) is 5.81. The Balaban J connectivity index is 1.83. The van der Waals surface area contributed by atoms with Gasteiger partial charge in [0, 0.05) is 11.8 Å². The van der Waals surface area contributed by atoms with Crippen LogP contribution in [0.25, 0.3) is 0 Å². The summed E-state index contributed by atoms with van der Waals surface area (Å²) in [6.45, 7) is 1.94. The summed E-state index contributed by atoms with van der Waals surface area (Å²) in [5.74, 6) is -0.794. The Bertz CT molecular complexity index is 522. The van der Waals surface area contributed by atoms with E-state index < -0.39 is 17.3 Å². The number of aliphatic carboxylic acids is 1. The highest BCUT2D eigenvalue weighted by Gasteiger charge is 2.76.